The molecule has 0 fully saturated rings. The Kier molecular flexibility index (Phi) is 3.33. The third kappa shape index (κ3) is 2.35. The smallest absolute Gasteiger partial charge is 0.316 e. The van der Waals surface area contributed by atoms with Crippen LogP contribution in [0.1, 0.15) is 0 Å². The quantitative estimate of drug-likeness (QED) is 0.792. The average molecular weight is 239 g/mol. The molecule has 3 N–H and O–H groups in total. The molecule has 2 amide bonds. The van der Waals surface area contributed by atoms with E-state index in [2.05, 4.69) is 10.4 Å². The molecule has 2 rings (SSSR count). The van der Waals surface area contributed by atoms with E-state index in [1.54, 1.807) is 12.1 Å². The number of amides is 2. The Morgan fingerprint density at radius 2 is 1.83 bits per heavy atom. The van der Waals surface area contributed by atoms with Gasteiger partial charge in [-0.15, -0.1) is 5.11 Å². The summed E-state index contributed by atoms with van der Waals surface area (Å²) in [6, 6.07) is 13.9. The van der Waals surface area contributed by atoms with Crippen LogP contribution >= 0.6 is 0 Å². The van der Waals surface area contributed by atoms with Crippen LogP contribution in [0.4, 0.5) is 16.2 Å². The van der Waals surface area contributed by atoms with Crippen molar-refractivity contribution in [3.8, 4) is 11.1 Å². The number of hydrogen-bond acceptors (Lipinski definition) is 2. The predicted molar refractivity (Wildman–Crippen MR) is 69.3 cm³/mol. The highest BCUT2D eigenvalue weighted by molar-refractivity contribution is 5.98. The van der Waals surface area contributed by atoms with E-state index < -0.39 is 6.03 Å². The van der Waals surface area contributed by atoms with Gasteiger partial charge in [-0.2, -0.15) is 0 Å². The largest absolute Gasteiger partial charge is 0.351 e. The summed E-state index contributed by atoms with van der Waals surface area (Å²) in [6.45, 7) is 0. The zero-order valence-electron chi connectivity index (χ0n) is 9.50. The highest BCUT2D eigenvalue weighted by atomic mass is 16.2. The summed E-state index contributed by atoms with van der Waals surface area (Å²) in [5, 5.41) is 5.62. The Morgan fingerprint density at radius 3 is 2.44 bits per heavy atom. The first-order valence-corrected chi connectivity index (χ1v) is 5.32. The molecule has 0 saturated carbocycles. The van der Waals surface area contributed by atoms with E-state index in [1.165, 1.54) is 0 Å². The Morgan fingerprint density at radius 1 is 1.11 bits per heavy atom. The predicted octanol–water partition coefficient (Wildman–Crippen LogP) is 2.73. The van der Waals surface area contributed by atoms with E-state index in [0.29, 0.717) is 5.69 Å². The molecule has 0 aliphatic carbocycles. The van der Waals surface area contributed by atoms with Crippen LogP contribution in [-0.2, 0) is 0 Å². The van der Waals surface area contributed by atoms with Gasteiger partial charge < -0.3 is 11.1 Å². The zero-order chi connectivity index (χ0) is 13.0. The fourth-order valence-corrected chi connectivity index (χ4v) is 1.74. The van der Waals surface area contributed by atoms with Crippen LogP contribution in [0.25, 0.3) is 11.1 Å². The number of rotatable bonds is 3. The Labute approximate surface area is 104 Å². The number of nitrogens with two attached hydrogens (primary N) is 1. The molecule has 0 aliphatic heterocycles. The van der Waals surface area contributed by atoms with Crippen molar-refractivity contribution < 1.29 is 4.79 Å². The summed E-state index contributed by atoms with van der Waals surface area (Å²) in [4.78, 5) is 11.0. The van der Waals surface area contributed by atoms with Crippen LogP contribution in [0, 0.1) is 0 Å². The second-order valence-corrected chi connectivity index (χ2v) is 3.65. The molecule has 0 spiro atoms. The lowest BCUT2D eigenvalue weighted by atomic mass is 10.0. The maximum absolute atomic E-state index is 11.0. The first-order chi connectivity index (χ1) is 8.72. The number of para-hydroxylation sites is 1. The molecule has 2 aromatic rings. The highest BCUT2D eigenvalue weighted by Gasteiger charge is 2.11. The van der Waals surface area contributed by atoms with Gasteiger partial charge >= 0.3 is 6.03 Å². The maximum atomic E-state index is 11.0. The van der Waals surface area contributed by atoms with E-state index in [-0.39, 0.29) is 5.69 Å². The number of carbonyl (C=O) groups is 1. The fraction of sp³-hybridized carbons (Fsp3) is 0. The van der Waals surface area contributed by atoms with Gasteiger partial charge in [-0.25, -0.2) is 4.79 Å². The van der Waals surface area contributed by atoms with Crippen molar-refractivity contribution in [3.63, 3.8) is 0 Å². The summed E-state index contributed by atoms with van der Waals surface area (Å²) >= 11 is 0. The van der Waals surface area contributed by atoms with E-state index in [1.807, 2.05) is 36.4 Å². The van der Waals surface area contributed by atoms with Crippen molar-refractivity contribution >= 4 is 17.4 Å². The van der Waals surface area contributed by atoms with Gasteiger partial charge in [0.1, 0.15) is 5.69 Å². The Bertz CT molecular complexity index is 581. The molecule has 0 aliphatic rings. The Hall–Kier alpha value is -2.69. The molecule has 5 heteroatoms. The van der Waals surface area contributed by atoms with Crippen molar-refractivity contribution in [3.05, 3.63) is 48.5 Å². The van der Waals surface area contributed by atoms with Crippen molar-refractivity contribution in [2.45, 2.75) is 0 Å². The van der Waals surface area contributed by atoms with Gasteiger partial charge in [0.15, 0.2) is 0 Å². The highest BCUT2D eigenvalue weighted by Crippen LogP contribution is 2.35. The number of hydrogen-bond donors (Lipinski definition) is 2. The van der Waals surface area contributed by atoms with Gasteiger partial charge in [0, 0.05) is 5.56 Å². The fourth-order valence-electron chi connectivity index (χ4n) is 1.74. The van der Waals surface area contributed by atoms with Crippen molar-refractivity contribution in [1.29, 1.82) is 0 Å². The van der Waals surface area contributed by atoms with Gasteiger partial charge in [0.25, 0.3) is 0 Å². The molecule has 0 atom stereocenters. The first kappa shape index (κ1) is 11.8. The number of benzene rings is 2. The lowest BCUT2D eigenvalue weighted by molar-refractivity contribution is 0.259. The van der Waals surface area contributed by atoms with Crippen molar-refractivity contribution in [2.75, 3.05) is 5.32 Å². The van der Waals surface area contributed by atoms with Gasteiger partial charge in [-0.1, -0.05) is 42.5 Å². The third-order valence-electron chi connectivity index (χ3n) is 2.48. The molecule has 0 saturated heterocycles. The standard InChI is InChI=1S/C13H11N4O/c14-13(18)16-12-10(7-4-8-11(12)17-15)9-5-2-1-3-6-9/h1-8H,(H3,14,16,18). The summed E-state index contributed by atoms with van der Waals surface area (Å²) in [5.41, 5.74) is 16.3. The monoisotopic (exact) mass is 239 g/mol. The Balaban J connectivity index is 2.59. The summed E-state index contributed by atoms with van der Waals surface area (Å²) in [5.74, 6) is 0. The van der Waals surface area contributed by atoms with E-state index in [9.17, 15) is 4.79 Å². The van der Waals surface area contributed by atoms with Gasteiger partial charge in [0.2, 0.25) is 0 Å². The third-order valence-corrected chi connectivity index (χ3v) is 2.48. The van der Waals surface area contributed by atoms with E-state index in [4.69, 9.17) is 11.3 Å². The number of anilines is 1. The molecular formula is C13H11N4O. The number of nitrogens with zero attached hydrogens (tertiary/aromatic N) is 2. The van der Waals surface area contributed by atoms with E-state index in [0.717, 1.165) is 11.1 Å². The first-order valence-electron chi connectivity index (χ1n) is 5.32. The second kappa shape index (κ2) is 5.09. The average Bonchev–Trinajstić information content (AvgIpc) is 2.39. The van der Waals surface area contributed by atoms with Crippen LogP contribution < -0.4 is 16.6 Å². The molecular weight excluding hydrogens is 228 g/mol. The molecule has 89 valence electrons. The molecule has 5 nitrogen and oxygen atoms in total. The van der Waals surface area contributed by atoms with E-state index >= 15 is 0 Å². The van der Waals surface area contributed by atoms with Crippen LogP contribution in [-0.4, -0.2) is 6.03 Å². The SMILES string of the molecule is [N]=Nc1cccc(-c2ccccc2)c1NC(N)=O. The lowest BCUT2D eigenvalue weighted by Gasteiger charge is -2.11. The van der Waals surface area contributed by atoms with Crippen LogP contribution in [0.2, 0.25) is 0 Å². The molecule has 0 aromatic heterocycles. The van der Waals surface area contributed by atoms with Crippen LogP contribution in [0.5, 0.6) is 0 Å². The number of nitrogens with one attached hydrogen (secondary N) is 1. The molecule has 1 radical (unpaired) electrons. The summed E-state index contributed by atoms with van der Waals surface area (Å²) < 4.78 is 0. The molecule has 18 heavy (non-hydrogen) atoms. The van der Waals surface area contributed by atoms with Gasteiger partial charge in [-0.05, 0) is 17.2 Å². The molecule has 2 aromatic carbocycles. The normalized spacial score (nSPS) is 9.78. The van der Waals surface area contributed by atoms with Crippen LogP contribution in [0.15, 0.2) is 53.6 Å². The van der Waals surface area contributed by atoms with Gasteiger partial charge in [0.05, 0.1) is 5.69 Å². The maximum Gasteiger partial charge on any atom is 0.316 e. The summed E-state index contributed by atoms with van der Waals surface area (Å²) in [6.07, 6.45) is 0. The van der Waals surface area contributed by atoms with Crippen molar-refractivity contribution in [2.24, 2.45) is 10.8 Å². The molecule has 0 unspecified atom stereocenters. The lowest BCUT2D eigenvalue weighted by Crippen LogP contribution is -2.19. The molecule has 0 bridgehead atoms. The van der Waals surface area contributed by atoms with Crippen molar-refractivity contribution in [1.82, 2.24) is 5.53 Å². The van der Waals surface area contributed by atoms with Gasteiger partial charge in [-0.3, -0.25) is 0 Å². The zero-order valence-corrected chi connectivity index (χ0v) is 9.50. The second-order valence-electron chi connectivity index (χ2n) is 3.65. The number of primary amides is 1. The minimum Gasteiger partial charge on any atom is -0.351 e. The number of urea groups is 1. The summed E-state index contributed by atoms with van der Waals surface area (Å²) in [7, 11) is 0. The topological polar surface area (TPSA) is 89.8 Å². The van der Waals surface area contributed by atoms with Crippen LogP contribution in [0.3, 0.4) is 0 Å². The minimum absolute atomic E-state index is 0.259. The molecule has 0 heterocycles. The minimum atomic E-state index is -0.705. The number of carbonyl (C=O) groups excluding carboxylic acids is 1.